The predicted molar refractivity (Wildman–Crippen MR) is 95.1 cm³/mol. The first-order chi connectivity index (χ1) is 12.1. The van der Waals surface area contributed by atoms with Gasteiger partial charge in [0.05, 0.1) is 11.1 Å². The van der Waals surface area contributed by atoms with Crippen molar-refractivity contribution in [3.63, 3.8) is 0 Å². The minimum Gasteiger partial charge on any atom is -0.320 e. The van der Waals surface area contributed by atoms with Crippen molar-refractivity contribution in [2.24, 2.45) is 7.05 Å². The van der Waals surface area contributed by atoms with Gasteiger partial charge in [-0.25, -0.2) is 0 Å². The summed E-state index contributed by atoms with van der Waals surface area (Å²) >= 11 is 1.43. The number of carbonyl (C=O) groups is 2. The third-order valence-corrected chi connectivity index (χ3v) is 4.91. The molecule has 3 aromatic rings. The van der Waals surface area contributed by atoms with Gasteiger partial charge in [0.2, 0.25) is 0 Å². The summed E-state index contributed by atoms with van der Waals surface area (Å²) in [6.07, 6.45) is 2.36. The van der Waals surface area contributed by atoms with Crippen LogP contribution in [0.2, 0.25) is 0 Å². The van der Waals surface area contributed by atoms with Crippen LogP contribution >= 0.6 is 11.3 Å². The fraction of sp³-hybridized carbons (Fsp3) is 0.176. The molecule has 1 aromatic carbocycles. The van der Waals surface area contributed by atoms with Crippen LogP contribution in [0.3, 0.4) is 0 Å². The Hall–Kier alpha value is -3.00. The Morgan fingerprint density at radius 1 is 1.28 bits per heavy atom. The van der Waals surface area contributed by atoms with Crippen LogP contribution in [0.5, 0.6) is 0 Å². The second kappa shape index (κ2) is 6.14. The molecule has 25 heavy (non-hydrogen) atoms. The minimum atomic E-state index is -0.331. The second-order valence-corrected chi connectivity index (χ2v) is 6.71. The number of carbonyl (C=O) groups excluding carboxylic acids is 2. The van der Waals surface area contributed by atoms with E-state index in [-0.39, 0.29) is 17.5 Å². The Morgan fingerprint density at radius 2 is 2.16 bits per heavy atom. The number of nitrogens with one attached hydrogen (secondary N) is 1. The molecule has 0 saturated carbocycles. The summed E-state index contributed by atoms with van der Waals surface area (Å²) in [6, 6.07) is 9.31. The van der Waals surface area contributed by atoms with E-state index in [4.69, 9.17) is 0 Å². The van der Waals surface area contributed by atoms with Gasteiger partial charge in [0.25, 0.3) is 11.8 Å². The van der Waals surface area contributed by atoms with Gasteiger partial charge in [-0.1, -0.05) is 17.3 Å². The van der Waals surface area contributed by atoms with Crippen LogP contribution in [0.25, 0.3) is 0 Å². The van der Waals surface area contributed by atoms with E-state index in [1.807, 2.05) is 35.7 Å². The van der Waals surface area contributed by atoms with Crippen LogP contribution in [0.4, 0.5) is 11.4 Å². The number of aryl methyl sites for hydroxylation is 1. The molecule has 2 amide bonds. The van der Waals surface area contributed by atoms with Gasteiger partial charge in [0, 0.05) is 25.0 Å². The quantitative estimate of drug-likeness (QED) is 0.784. The van der Waals surface area contributed by atoms with Gasteiger partial charge in [0.15, 0.2) is 5.69 Å². The van der Waals surface area contributed by atoms with E-state index in [1.165, 1.54) is 16.0 Å². The first kappa shape index (κ1) is 15.5. The summed E-state index contributed by atoms with van der Waals surface area (Å²) in [4.78, 5) is 27.4. The molecule has 1 aliphatic heterocycles. The number of nitrogens with zero attached hydrogens (tertiary/aromatic N) is 4. The topological polar surface area (TPSA) is 80.1 Å². The molecule has 0 saturated heterocycles. The Kier molecular flexibility index (Phi) is 3.81. The summed E-state index contributed by atoms with van der Waals surface area (Å²) in [7, 11) is 1.70. The number of thiophene rings is 1. The van der Waals surface area contributed by atoms with E-state index in [0.717, 1.165) is 17.7 Å². The van der Waals surface area contributed by atoms with Crippen molar-refractivity contribution in [1.29, 1.82) is 0 Å². The molecule has 1 aliphatic rings. The molecule has 4 rings (SSSR count). The number of hydrogen-bond donors (Lipinski definition) is 1. The minimum absolute atomic E-state index is 0.00819. The van der Waals surface area contributed by atoms with Gasteiger partial charge >= 0.3 is 0 Å². The van der Waals surface area contributed by atoms with Crippen LogP contribution in [-0.2, 0) is 13.5 Å². The zero-order chi connectivity index (χ0) is 17.4. The lowest BCUT2D eigenvalue weighted by Crippen LogP contribution is -2.28. The molecular formula is C17H15N5O2S. The molecule has 3 heterocycles. The molecule has 126 valence electrons. The first-order valence-electron chi connectivity index (χ1n) is 7.78. The molecule has 0 aliphatic carbocycles. The lowest BCUT2D eigenvalue weighted by molar-refractivity contribution is 0.0991. The molecule has 0 radical (unpaired) electrons. The molecule has 0 fully saturated rings. The Bertz CT molecular complexity index is 948. The van der Waals surface area contributed by atoms with E-state index in [2.05, 4.69) is 15.6 Å². The number of benzene rings is 1. The van der Waals surface area contributed by atoms with Crippen LogP contribution in [0, 0.1) is 0 Å². The number of amides is 2. The monoisotopic (exact) mass is 353 g/mol. The number of fused-ring (bicyclic) bond motifs is 1. The molecular weight excluding hydrogens is 338 g/mol. The Labute approximate surface area is 147 Å². The highest BCUT2D eigenvalue weighted by atomic mass is 32.1. The van der Waals surface area contributed by atoms with E-state index < -0.39 is 0 Å². The van der Waals surface area contributed by atoms with Gasteiger partial charge in [-0.15, -0.1) is 16.4 Å². The van der Waals surface area contributed by atoms with Crippen molar-refractivity contribution < 1.29 is 9.59 Å². The number of anilines is 2. The van der Waals surface area contributed by atoms with Gasteiger partial charge < -0.3 is 10.2 Å². The predicted octanol–water partition coefficient (Wildman–Crippen LogP) is 2.33. The highest BCUT2D eigenvalue weighted by Gasteiger charge is 2.26. The van der Waals surface area contributed by atoms with E-state index >= 15 is 0 Å². The van der Waals surface area contributed by atoms with Gasteiger partial charge in [-0.3, -0.25) is 14.3 Å². The van der Waals surface area contributed by atoms with E-state index in [1.54, 1.807) is 18.1 Å². The maximum atomic E-state index is 12.7. The maximum absolute atomic E-state index is 12.7. The zero-order valence-electron chi connectivity index (χ0n) is 13.5. The highest BCUT2D eigenvalue weighted by Crippen LogP contribution is 2.32. The first-order valence-corrected chi connectivity index (χ1v) is 8.66. The zero-order valence-corrected chi connectivity index (χ0v) is 14.3. The molecule has 0 bridgehead atoms. The molecule has 7 nitrogen and oxygen atoms in total. The fourth-order valence-corrected chi connectivity index (χ4v) is 3.52. The van der Waals surface area contributed by atoms with Crippen LogP contribution in [0.15, 0.2) is 41.9 Å². The largest absolute Gasteiger partial charge is 0.320 e. The molecule has 2 aromatic heterocycles. The van der Waals surface area contributed by atoms with Crippen molar-refractivity contribution in [2.45, 2.75) is 6.42 Å². The van der Waals surface area contributed by atoms with Crippen molar-refractivity contribution in [3.8, 4) is 0 Å². The fourth-order valence-electron chi connectivity index (χ4n) is 2.85. The highest BCUT2D eigenvalue weighted by molar-refractivity contribution is 7.12. The summed E-state index contributed by atoms with van der Waals surface area (Å²) < 4.78 is 1.47. The molecule has 8 heteroatoms. The maximum Gasteiger partial charge on any atom is 0.277 e. The summed E-state index contributed by atoms with van der Waals surface area (Å²) in [5.74, 6) is -0.340. The molecule has 1 N–H and O–H groups in total. The molecule has 0 spiro atoms. The van der Waals surface area contributed by atoms with E-state index in [9.17, 15) is 9.59 Å². The van der Waals surface area contributed by atoms with Crippen molar-refractivity contribution in [1.82, 2.24) is 15.0 Å². The third-order valence-electron chi connectivity index (χ3n) is 4.05. The average molecular weight is 353 g/mol. The van der Waals surface area contributed by atoms with Crippen molar-refractivity contribution in [3.05, 3.63) is 58.0 Å². The van der Waals surface area contributed by atoms with Crippen molar-refractivity contribution >= 4 is 34.5 Å². The summed E-state index contributed by atoms with van der Waals surface area (Å²) in [5.41, 5.74) is 2.81. The SMILES string of the molecule is Cn1cc(C(=O)Nc2ccc3c(c2)N(C(=O)c2cccs2)CC3)nn1. The number of aromatic nitrogens is 3. The third kappa shape index (κ3) is 2.91. The lowest BCUT2D eigenvalue weighted by atomic mass is 10.1. The van der Waals surface area contributed by atoms with Gasteiger partial charge in [0.1, 0.15) is 0 Å². The van der Waals surface area contributed by atoms with Crippen LogP contribution < -0.4 is 10.2 Å². The van der Waals surface area contributed by atoms with Crippen molar-refractivity contribution in [2.75, 3.05) is 16.8 Å². The second-order valence-electron chi connectivity index (χ2n) is 5.76. The number of hydrogen-bond acceptors (Lipinski definition) is 5. The van der Waals surface area contributed by atoms with E-state index in [0.29, 0.717) is 17.1 Å². The lowest BCUT2D eigenvalue weighted by Gasteiger charge is -2.17. The smallest absolute Gasteiger partial charge is 0.277 e. The summed E-state index contributed by atoms with van der Waals surface area (Å²) in [5, 5.41) is 12.3. The molecule has 0 unspecified atom stereocenters. The average Bonchev–Trinajstić information content (AvgIpc) is 3.34. The van der Waals surface area contributed by atoms with Crippen LogP contribution in [-0.4, -0.2) is 33.4 Å². The standard InChI is InChI=1S/C17H15N5O2S/c1-21-10-13(19-20-21)16(23)18-12-5-4-11-6-7-22(14(11)9-12)17(24)15-3-2-8-25-15/h2-5,8-10H,6-7H2,1H3,(H,18,23). The number of rotatable bonds is 3. The Morgan fingerprint density at radius 3 is 2.88 bits per heavy atom. The molecule has 0 atom stereocenters. The summed E-state index contributed by atoms with van der Waals surface area (Å²) in [6.45, 7) is 0.646. The van der Waals surface area contributed by atoms with Gasteiger partial charge in [-0.05, 0) is 35.6 Å². The van der Waals surface area contributed by atoms with Gasteiger partial charge in [-0.2, -0.15) is 0 Å². The normalized spacial score (nSPS) is 12.9. The van der Waals surface area contributed by atoms with Crippen LogP contribution in [0.1, 0.15) is 25.7 Å². The Balaban J connectivity index is 1.58.